The SMILES string of the molecule is COC(=O)C1CCN(C(=O)c2cc(C)nc3ccc(F)cc23)CC1. The summed E-state index contributed by atoms with van der Waals surface area (Å²) in [6.45, 7) is 2.77. The van der Waals surface area contributed by atoms with Crippen molar-refractivity contribution in [2.75, 3.05) is 20.2 Å². The predicted octanol–water partition coefficient (Wildman–Crippen LogP) is 2.71. The van der Waals surface area contributed by atoms with Crippen molar-refractivity contribution in [2.24, 2.45) is 5.92 Å². The Morgan fingerprint density at radius 3 is 2.62 bits per heavy atom. The fraction of sp³-hybridized carbons (Fsp3) is 0.389. The lowest BCUT2D eigenvalue weighted by Crippen LogP contribution is -2.40. The highest BCUT2D eigenvalue weighted by molar-refractivity contribution is 6.06. The molecule has 2 heterocycles. The number of piperidine rings is 1. The summed E-state index contributed by atoms with van der Waals surface area (Å²) in [6.07, 6.45) is 1.16. The molecular weight excluding hydrogens is 311 g/mol. The van der Waals surface area contributed by atoms with Crippen LogP contribution in [0.4, 0.5) is 4.39 Å². The van der Waals surface area contributed by atoms with E-state index in [2.05, 4.69) is 4.98 Å². The molecule has 3 rings (SSSR count). The summed E-state index contributed by atoms with van der Waals surface area (Å²) in [5.74, 6) is -0.937. The maximum atomic E-state index is 13.6. The first kappa shape index (κ1) is 16.4. The zero-order valence-corrected chi connectivity index (χ0v) is 13.7. The largest absolute Gasteiger partial charge is 0.469 e. The molecule has 0 unspecified atom stereocenters. The fourth-order valence-corrected chi connectivity index (χ4v) is 3.16. The predicted molar refractivity (Wildman–Crippen MR) is 87.1 cm³/mol. The molecule has 1 aliphatic rings. The summed E-state index contributed by atoms with van der Waals surface area (Å²) in [5, 5.41) is 0.515. The molecule has 1 aliphatic heterocycles. The van der Waals surface area contributed by atoms with E-state index in [9.17, 15) is 14.0 Å². The van der Waals surface area contributed by atoms with Crippen molar-refractivity contribution in [3.8, 4) is 0 Å². The van der Waals surface area contributed by atoms with Crippen molar-refractivity contribution in [3.63, 3.8) is 0 Å². The Balaban J connectivity index is 1.87. The van der Waals surface area contributed by atoms with Crippen molar-refractivity contribution in [3.05, 3.63) is 41.3 Å². The van der Waals surface area contributed by atoms with Gasteiger partial charge in [-0.2, -0.15) is 0 Å². The Morgan fingerprint density at radius 2 is 1.96 bits per heavy atom. The first-order valence-corrected chi connectivity index (χ1v) is 7.93. The van der Waals surface area contributed by atoms with Crippen LogP contribution in [0.3, 0.4) is 0 Å². The number of methoxy groups -OCH3 is 1. The van der Waals surface area contributed by atoms with Gasteiger partial charge in [-0.05, 0) is 44.0 Å². The van der Waals surface area contributed by atoms with Gasteiger partial charge in [0.2, 0.25) is 0 Å². The number of pyridine rings is 1. The second-order valence-corrected chi connectivity index (χ2v) is 6.06. The summed E-state index contributed by atoms with van der Waals surface area (Å²) in [7, 11) is 1.38. The third-order valence-electron chi connectivity index (χ3n) is 4.45. The number of halogens is 1. The van der Waals surface area contributed by atoms with Gasteiger partial charge in [0.25, 0.3) is 5.91 Å². The molecule has 1 fully saturated rings. The molecule has 24 heavy (non-hydrogen) atoms. The molecule has 0 N–H and O–H groups in total. The number of ether oxygens (including phenoxy) is 1. The van der Waals surface area contributed by atoms with Crippen LogP contribution < -0.4 is 0 Å². The normalized spacial score (nSPS) is 15.5. The highest BCUT2D eigenvalue weighted by Crippen LogP contribution is 2.24. The van der Waals surface area contributed by atoms with Gasteiger partial charge in [0.1, 0.15) is 5.82 Å². The van der Waals surface area contributed by atoms with E-state index >= 15 is 0 Å². The topological polar surface area (TPSA) is 59.5 Å². The van der Waals surface area contributed by atoms with E-state index in [1.54, 1.807) is 17.0 Å². The Labute approximate surface area is 139 Å². The molecule has 1 aromatic carbocycles. The number of hydrogen-bond acceptors (Lipinski definition) is 4. The smallest absolute Gasteiger partial charge is 0.308 e. The molecule has 1 amide bonds. The minimum absolute atomic E-state index is 0.153. The third kappa shape index (κ3) is 3.09. The minimum atomic E-state index is -0.397. The number of rotatable bonds is 2. The zero-order valence-electron chi connectivity index (χ0n) is 13.7. The molecule has 126 valence electrons. The van der Waals surface area contributed by atoms with Gasteiger partial charge in [0.15, 0.2) is 0 Å². The molecular formula is C18H19FN2O3. The first-order valence-electron chi connectivity index (χ1n) is 7.93. The van der Waals surface area contributed by atoms with Crippen molar-refractivity contribution in [1.29, 1.82) is 0 Å². The number of carbonyl (C=O) groups is 2. The van der Waals surface area contributed by atoms with Crippen LogP contribution in [-0.4, -0.2) is 42.0 Å². The van der Waals surface area contributed by atoms with Crippen LogP contribution in [0.25, 0.3) is 10.9 Å². The van der Waals surface area contributed by atoms with Crippen LogP contribution in [0.1, 0.15) is 28.9 Å². The molecule has 0 saturated carbocycles. The second-order valence-electron chi connectivity index (χ2n) is 6.06. The molecule has 0 spiro atoms. The van der Waals surface area contributed by atoms with Gasteiger partial charge in [-0.3, -0.25) is 14.6 Å². The second kappa shape index (κ2) is 6.55. The summed E-state index contributed by atoms with van der Waals surface area (Å²) >= 11 is 0. The number of carbonyl (C=O) groups excluding carboxylic acids is 2. The number of nitrogens with zero attached hydrogens (tertiary/aromatic N) is 2. The third-order valence-corrected chi connectivity index (χ3v) is 4.45. The molecule has 2 aromatic rings. The molecule has 0 bridgehead atoms. The van der Waals surface area contributed by atoms with Crippen LogP contribution in [0.15, 0.2) is 24.3 Å². The van der Waals surface area contributed by atoms with Gasteiger partial charge in [-0.25, -0.2) is 4.39 Å². The average molecular weight is 330 g/mol. The van der Waals surface area contributed by atoms with Crippen LogP contribution in [0.5, 0.6) is 0 Å². The standard InChI is InChI=1S/C18H19FN2O3/c1-11-9-15(14-10-13(19)3-4-16(14)20-11)17(22)21-7-5-12(6-8-21)18(23)24-2/h3-4,9-10,12H,5-8H2,1-2H3. The minimum Gasteiger partial charge on any atom is -0.469 e. The summed E-state index contributed by atoms with van der Waals surface area (Å²) in [5.41, 5.74) is 1.76. The van der Waals surface area contributed by atoms with Crippen LogP contribution in [-0.2, 0) is 9.53 Å². The van der Waals surface area contributed by atoms with Gasteiger partial charge in [0, 0.05) is 24.2 Å². The summed E-state index contributed by atoms with van der Waals surface area (Å²) in [6, 6.07) is 5.95. The van der Waals surface area contributed by atoms with E-state index in [1.807, 2.05) is 6.92 Å². The highest BCUT2D eigenvalue weighted by Gasteiger charge is 2.29. The number of esters is 1. The van der Waals surface area contributed by atoms with Gasteiger partial charge in [-0.15, -0.1) is 0 Å². The number of hydrogen-bond donors (Lipinski definition) is 0. The molecule has 1 aromatic heterocycles. The molecule has 0 radical (unpaired) electrons. The highest BCUT2D eigenvalue weighted by atomic mass is 19.1. The van der Waals surface area contributed by atoms with Crippen LogP contribution in [0.2, 0.25) is 0 Å². The van der Waals surface area contributed by atoms with Gasteiger partial charge in [-0.1, -0.05) is 0 Å². The van der Waals surface area contributed by atoms with Crippen molar-refractivity contribution in [1.82, 2.24) is 9.88 Å². The van der Waals surface area contributed by atoms with E-state index in [-0.39, 0.29) is 17.8 Å². The number of likely N-dealkylation sites (tertiary alicyclic amines) is 1. The number of benzene rings is 1. The van der Waals surface area contributed by atoms with E-state index in [0.717, 1.165) is 0 Å². The number of amides is 1. The number of aromatic nitrogens is 1. The Morgan fingerprint density at radius 1 is 1.25 bits per heavy atom. The van der Waals surface area contributed by atoms with Crippen LogP contribution in [0, 0.1) is 18.7 Å². The lowest BCUT2D eigenvalue weighted by Gasteiger charge is -2.31. The molecule has 1 saturated heterocycles. The molecule has 5 nitrogen and oxygen atoms in total. The van der Waals surface area contributed by atoms with E-state index in [4.69, 9.17) is 4.74 Å². The van der Waals surface area contributed by atoms with Crippen molar-refractivity contribution >= 4 is 22.8 Å². The number of fused-ring (bicyclic) bond motifs is 1. The van der Waals surface area contributed by atoms with Gasteiger partial charge >= 0.3 is 5.97 Å². The zero-order chi connectivity index (χ0) is 17.3. The average Bonchev–Trinajstić information content (AvgIpc) is 2.60. The van der Waals surface area contributed by atoms with Gasteiger partial charge in [0.05, 0.1) is 24.1 Å². The molecule has 6 heteroatoms. The monoisotopic (exact) mass is 330 g/mol. The lowest BCUT2D eigenvalue weighted by molar-refractivity contribution is -0.146. The lowest BCUT2D eigenvalue weighted by atomic mass is 9.96. The Kier molecular flexibility index (Phi) is 4.46. The van der Waals surface area contributed by atoms with E-state index in [1.165, 1.54) is 19.2 Å². The summed E-state index contributed by atoms with van der Waals surface area (Å²) < 4.78 is 18.4. The van der Waals surface area contributed by atoms with Crippen molar-refractivity contribution in [2.45, 2.75) is 19.8 Å². The van der Waals surface area contributed by atoms with Crippen molar-refractivity contribution < 1.29 is 18.7 Å². The quantitative estimate of drug-likeness (QED) is 0.795. The Hall–Kier alpha value is -2.50. The van der Waals surface area contributed by atoms with E-state index < -0.39 is 5.82 Å². The number of aryl methyl sites for hydroxylation is 1. The maximum absolute atomic E-state index is 13.6. The Bertz CT molecular complexity index is 798. The van der Waals surface area contributed by atoms with Gasteiger partial charge < -0.3 is 9.64 Å². The molecule has 0 atom stereocenters. The first-order chi connectivity index (χ1) is 11.5. The van der Waals surface area contributed by atoms with E-state index in [0.29, 0.717) is 48.1 Å². The van der Waals surface area contributed by atoms with Crippen LogP contribution >= 0.6 is 0 Å². The maximum Gasteiger partial charge on any atom is 0.308 e. The fourth-order valence-electron chi connectivity index (χ4n) is 3.16. The molecule has 0 aliphatic carbocycles. The summed E-state index contributed by atoms with van der Waals surface area (Å²) in [4.78, 5) is 30.5.